The molecule has 2 heterocycles. The molecule has 2 fully saturated rings. The molecule has 1 aliphatic carbocycles. The number of hydrogen-bond acceptors (Lipinski definition) is 4. The molecule has 1 aromatic carbocycles. The van der Waals surface area contributed by atoms with Gasteiger partial charge in [-0.25, -0.2) is 9.37 Å². The van der Waals surface area contributed by atoms with Crippen LogP contribution in [0.3, 0.4) is 0 Å². The number of allylic oxidation sites excluding steroid dienone is 1. The van der Waals surface area contributed by atoms with Crippen LogP contribution < -0.4 is 5.32 Å². The van der Waals surface area contributed by atoms with E-state index in [1.54, 1.807) is 12.3 Å². The minimum absolute atomic E-state index is 0.185. The van der Waals surface area contributed by atoms with Crippen molar-refractivity contribution in [1.29, 1.82) is 0 Å². The summed E-state index contributed by atoms with van der Waals surface area (Å²) in [6.45, 7) is 33.3. The number of H-pyrrole nitrogens is 1. The molecule has 5 nitrogen and oxygen atoms in total. The monoisotopic (exact) mass is 613 g/mol. The Labute approximate surface area is 270 Å². The van der Waals surface area contributed by atoms with Gasteiger partial charge in [0.2, 0.25) is 0 Å². The molecule has 2 aliphatic rings. The van der Waals surface area contributed by atoms with Gasteiger partial charge in [-0.15, -0.1) is 0 Å². The molecule has 1 atom stereocenters. The Balaban J connectivity index is 0.000000714. The minimum atomic E-state index is -0.209. The molecule has 44 heavy (non-hydrogen) atoms. The fourth-order valence-electron chi connectivity index (χ4n) is 5.21. The molecule has 0 amide bonds. The second-order valence-corrected chi connectivity index (χ2v) is 12.5. The maximum Gasteiger partial charge on any atom is 0.142 e. The highest BCUT2D eigenvalue weighted by atomic mass is 19.1. The number of aldehydes is 1. The van der Waals surface area contributed by atoms with E-state index in [2.05, 4.69) is 61.0 Å². The van der Waals surface area contributed by atoms with E-state index in [-0.39, 0.29) is 11.9 Å². The lowest BCUT2D eigenvalue weighted by Gasteiger charge is -2.44. The summed E-state index contributed by atoms with van der Waals surface area (Å²) in [4.78, 5) is 21.1. The normalized spacial score (nSPS) is 15.7. The number of benzene rings is 1. The lowest BCUT2D eigenvalue weighted by Crippen LogP contribution is -2.41. The summed E-state index contributed by atoms with van der Waals surface area (Å²) in [6.07, 6.45) is 10.7. The van der Waals surface area contributed by atoms with E-state index in [9.17, 15) is 9.18 Å². The molecule has 1 saturated heterocycles. The zero-order valence-electron chi connectivity index (χ0n) is 30.1. The Morgan fingerprint density at radius 3 is 2.14 bits per heavy atom. The minimum Gasteiger partial charge on any atom is -0.379 e. The standard InChI is InChI=1S/C18H30N2O.C13H15FN2.C3H8.2C2H6/c1-14(20-8-6-5-7-9-20)10-17(13-21)19-15(2)16-11-18(3,4)12-16;1-8(2)13-15-7-12(16-13)10-5-4-9(3)6-11(10)14;1-3-2;2*1-2/h13,16-17,19H,1-2,5-12H2,3-4H3;4-8H,1-3H3,(H,15,16);3H2,1-2H3;2*1-2H3. The molecule has 2 N–H and O–H groups in total. The topological polar surface area (TPSA) is 61.0 Å². The summed E-state index contributed by atoms with van der Waals surface area (Å²) < 4.78 is 13.7. The molecular weight excluding hydrogens is 547 g/mol. The van der Waals surface area contributed by atoms with Gasteiger partial charge < -0.3 is 20.0 Å². The number of hydrogen-bond donors (Lipinski definition) is 2. The molecule has 1 unspecified atom stereocenters. The summed E-state index contributed by atoms with van der Waals surface area (Å²) in [5.74, 6) is 1.52. The third-order valence-electron chi connectivity index (χ3n) is 7.44. The number of likely N-dealkylation sites (tertiary alicyclic amines) is 1. The number of aromatic nitrogens is 2. The second-order valence-electron chi connectivity index (χ2n) is 12.5. The largest absolute Gasteiger partial charge is 0.379 e. The van der Waals surface area contributed by atoms with Gasteiger partial charge in [0.1, 0.15) is 17.9 Å². The SMILES string of the molecule is C=C(NC(C=O)CC(=C)N1CCCCC1)C1CC(C)(C)C1.CC.CC.CCC.Cc1ccc(-c2cnc(C(C)C)[nH]2)c(F)c1. The Morgan fingerprint density at radius 1 is 1.11 bits per heavy atom. The zero-order chi connectivity index (χ0) is 33.9. The van der Waals surface area contributed by atoms with Crippen molar-refractivity contribution in [3.8, 4) is 11.3 Å². The maximum absolute atomic E-state index is 13.7. The van der Waals surface area contributed by atoms with Crippen molar-refractivity contribution >= 4 is 6.29 Å². The van der Waals surface area contributed by atoms with Crippen molar-refractivity contribution < 1.29 is 9.18 Å². The van der Waals surface area contributed by atoms with Crippen molar-refractivity contribution in [1.82, 2.24) is 20.2 Å². The molecule has 1 aliphatic heterocycles. The van der Waals surface area contributed by atoms with E-state index in [4.69, 9.17) is 0 Å². The van der Waals surface area contributed by atoms with Crippen LogP contribution in [0.5, 0.6) is 0 Å². The maximum atomic E-state index is 13.7. The van der Waals surface area contributed by atoms with E-state index in [0.29, 0.717) is 29.2 Å². The van der Waals surface area contributed by atoms with Gasteiger partial charge in [0.05, 0.1) is 17.9 Å². The Morgan fingerprint density at radius 2 is 1.68 bits per heavy atom. The number of carbonyl (C=O) groups is 1. The molecule has 4 rings (SSSR count). The molecule has 250 valence electrons. The van der Waals surface area contributed by atoms with Crippen LogP contribution in [0.15, 0.2) is 48.9 Å². The molecule has 6 heteroatoms. The fraction of sp³-hybridized carbons (Fsp3) is 0.632. The van der Waals surface area contributed by atoms with Crippen LogP contribution in [-0.2, 0) is 4.79 Å². The third kappa shape index (κ3) is 14.3. The van der Waals surface area contributed by atoms with E-state index < -0.39 is 0 Å². The summed E-state index contributed by atoms with van der Waals surface area (Å²) in [5.41, 5.74) is 4.78. The number of nitrogens with one attached hydrogen (secondary N) is 2. The Bertz CT molecular complexity index is 1090. The summed E-state index contributed by atoms with van der Waals surface area (Å²) >= 11 is 0. The van der Waals surface area contributed by atoms with Crippen molar-refractivity contribution in [3.63, 3.8) is 0 Å². The molecule has 0 spiro atoms. The van der Waals surface area contributed by atoms with Crippen molar-refractivity contribution in [2.75, 3.05) is 13.1 Å². The number of piperidine rings is 1. The first-order valence-electron chi connectivity index (χ1n) is 17.1. The first-order chi connectivity index (χ1) is 20.9. The molecule has 1 aromatic heterocycles. The van der Waals surface area contributed by atoms with Gasteiger partial charge in [-0.3, -0.25) is 0 Å². The average Bonchev–Trinajstić information content (AvgIpc) is 3.49. The predicted octanol–water partition coefficient (Wildman–Crippen LogP) is 10.6. The van der Waals surface area contributed by atoms with Gasteiger partial charge in [0, 0.05) is 42.4 Å². The molecular formula is C38H65FN4O. The number of imidazole rings is 1. The molecule has 0 bridgehead atoms. The Hall–Kier alpha value is -2.89. The smallest absolute Gasteiger partial charge is 0.142 e. The van der Waals surface area contributed by atoms with Crippen LogP contribution in [0, 0.1) is 24.1 Å². The fourth-order valence-corrected chi connectivity index (χ4v) is 5.21. The van der Waals surface area contributed by atoms with Crippen LogP contribution in [0.4, 0.5) is 4.39 Å². The van der Waals surface area contributed by atoms with E-state index in [1.165, 1.54) is 31.7 Å². The molecule has 2 aromatic rings. The highest BCUT2D eigenvalue weighted by molar-refractivity contribution is 5.60. The quantitative estimate of drug-likeness (QED) is 0.277. The summed E-state index contributed by atoms with van der Waals surface area (Å²) in [7, 11) is 0. The van der Waals surface area contributed by atoms with Crippen LogP contribution >= 0.6 is 0 Å². The lowest BCUT2D eigenvalue weighted by atomic mass is 9.63. The Kier molecular flexibility index (Phi) is 20.3. The van der Waals surface area contributed by atoms with Gasteiger partial charge in [0.15, 0.2) is 0 Å². The van der Waals surface area contributed by atoms with Crippen molar-refractivity contribution in [2.24, 2.45) is 11.3 Å². The van der Waals surface area contributed by atoms with E-state index in [0.717, 1.165) is 60.7 Å². The van der Waals surface area contributed by atoms with Gasteiger partial charge in [-0.1, -0.05) is 94.9 Å². The average molecular weight is 613 g/mol. The van der Waals surface area contributed by atoms with Gasteiger partial charge in [-0.2, -0.15) is 0 Å². The van der Waals surface area contributed by atoms with Gasteiger partial charge >= 0.3 is 0 Å². The van der Waals surface area contributed by atoms with Gasteiger partial charge in [-0.05, 0) is 68.1 Å². The first-order valence-corrected chi connectivity index (χ1v) is 17.1. The molecule has 0 radical (unpaired) electrons. The van der Waals surface area contributed by atoms with Crippen LogP contribution in [0.1, 0.15) is 131 Å². The highest BCUT2D eigenvalue weighted by Gasteiger charge is 2.37. The van der Waals surface area contributed by atoms with Gasteiger partial charge in [0.25, 0.3) is 0 Å². The number of carbonyl (C=O) groups excluding carboxylic acids is 1. The van der Waals surface area contributed by atoms with Crippen molar-refractivity contribution in [3.05, 3.63) is 66.2 Å². The van der Waals surface area contributed by atoms with Crippen molar-refractivity contribution in [2.45, 2.75) is 133 Å². The number of aromatic amines is 1. The summed E-state index contributed by atoms with van der Waals surface area (Å²) in [5, 5.41) is 3.33. The number of halogens is 1. The molecule has 1 saturated carbocycles. The predicted molar refractivity (Wildman–Crippen MR) is 189 cm³/mol. The highest BCUT2D eigenvalue weighted by Crippen LogP contribution is 2.47. The first kappa shape index (κ1) is 41.1. The number of nitrogens with zero attached hydrogens (tertiary/aromatic N) is 2. The number of aryl methyl sites for hydroxylation is 1. The third-order valence-corrected chi connectivity index (χ3v) is 7.44. The number of rotatable bonds is 9. The second kappa shape index (κ2) is 21.8. The van der Waals surface area contributed by atoms with Crippen LogP contribution in [-0.4, -0.2) is 40.3 Å². The van der Waals surface area contributed by atoms with E-state index >= 15 is 0 Å². The zero-order valence-corrected chi connectivity index (χ0v) is 30.1. The lowest BCUT2D eigenvalue weighted by molar-refractivity contribution is -0.109. The summed E-state index contributed by atoms with van der Waals surface area (Å²) in [6, 6.07) is 5.03. The van der Waals surface area contributed by atoms with Crippen LogP contribution in [0.2, 0.25) is 0 Å². The van der Waals surface area contributed by atoms with E-state index in [1.807, 2.05) is 54.5 Å². The van der Waals surface area contributed by atoms with Crippen LogP contribution in [0.25, 0.3) is 11.3 Å².